The highest BCUT2D eigenvalue weighted by Crippen LogP contribution is 2.39. The minimum Gasteiger partial charge on any atom is -0.443 e. The lowest BCUT2D eigenvalue weighted by Crippen LogP contribution is -2.60. The van der Waals surface area contributed by atoms with Crippen LogP contribution in [0.2, 0.25) is 0 Å². The van der Waals surface area contributed by atoms with Crippen molar-refractivity contribution >= 4 is 12.0 Å². The monoisotopic (exact) mass is 529 g/mol. The zero-order chi connectivity index (χ0) is 27.3. The van der Waals surface area contributed by atoms with Crippen molar-refractivity contribution in [1.29, 1.82) is 0 Å². The van der Waals surface area contributed by atoms with Crippen molar-refractivity contribution in [3.05, 3.63) is 35.9 Å². The maximum absolute atomic E-state index is 13.4. The van der Waals surface area contributed by atoms with Gasteiger partial charge in [0.1, 0.15) is 6.10 Å². The first-order valence-electron chi connectivity index (χ1n) is 14.5. The molecular weight excluding hydrogens is 482 g/mol. The Balaban J connectivity index is 1.48. The highest BCUT2D eigenvalue weighted by molar-refractivity contribution is 5.82. The van der Waals surface area contributed by atoms with Gasteiger partial charge < -0.3 is 25.2 Å². The fourth-order valence-corrected chi connectivity index (χ4v) is 6.34. The largest absolute Gasteiger partial charge is 0.443 e. The Labute approximate surface area is 227 Å². The molecule has 7 atom stereocenters. The summed E-state index contributed by atoms with van der Waals surface area (Å²) in [6.07, 6.45) is 4.91. The summed E-state index contributed by atoms with van der Waals surface area (Å²) in [5.41, 5.74) is 0.690. The molecule has 2 aliphatic heterocycles. The number of amides is 2. The molecule has 3 fully saturated rings. The molecule has 1 aliphatic carbocycles. The standard InChI is InChI=1S/C30H47N3O5/c1-20-27(14-15-37-20)38-29(36)31-24(16-21-10-6-5-7-11-21)26(34)19-33-18-23-13-9-8-12-22(23)17-25(33)28(35)32-30(2,3)4/h5-7,10-11,20,22-27,34H,8-9,12-19H2,1-4H3,(H,31,36)(H,32,35)/t20-,22-,23+,24-,25-,26+,27-/m0/s1. The SMILES string of the molecule is C[C@@H]1OCC[C@@H]1OC(=O)N[C@@H](Cc1ccccc1)[C@H](O)CN1C[C@H]2CCCC[C@H]2C[C@H]1C(=O)NC(C)(C)C. The average molecular weight is 530 g/mol. The second-order valence-electron chi connectivity index (χ2n) is 12.6. The summed E-state index contributed by atoms with van der Waals surface area (Å²) >= 11 is 0. The molecule has 1 saturated carbocycles. The number of β-amino-alcohol motifs (C(OH)–C–C–N with tert-alkyl or cyclic N) is 1. The predicted molar refractivity (Wildman–Crippen MR) is 147 cm³/mol. The first-order chi connectivity index (χ1) is 18.1. The number of carbonyl (C=O) groups is 2. The molecule has 8 nitrogen and oxygen atoms in total. The molecule has 0 radical (unpaired) electrons. The van der Waals surface area contributed by atoms with Gasteiger partial charge >= 0.3 is 6.09 Å². The number of nitrogens with one attached hydrogen (secondary N) is 2. The number of fused-ring (bicyclic) bond motifs is 1. The van der Waals surface area contributed by atoms with Gasteiger partial charge in [0.05, 0.1) is 30.9 Å². The van der Waals surface area contributed by atoms with Crippen LogP contribution in [-0.4, -0.2) is 77.6 Å². The van der Waals surface area contributed by atoms with Gasteiger partial charge in [-0.3, -0.25) is 9.69 Å². The summed E-state index contributed by atoms with van der Waals surface area (Å²) in [6, 6.07) is 9.00. The van der Waals surface area contributed by atoms with Crippen LogP contribution in [0.1, 0.15) is 71.8 Å². The topological polar surface area (TPSA) is 100 Å². The number of hydrogen-bond donors (Lipinski definition) is 3. The van der Waals surface area contributed by atoms with Gasteiger partial charge in [-0.25, -0.2) is 4.79 Å². The zero-order valence-corrected chi connectivity index (χ0v) is 23.5. The van der Waals surface area contributed by atoms with Crippen LogP contribution in [-0.2, 0) is 20.7 Å². The minimum atomic E-state index is -0.870. The molecule has 2 amide bonds. The molecule has 0 unspecified atom stereocenters. The van der Waals surface area contributed by atoms with Crippen LogP contribution in [0.5, 0.6) is 0 Å². The van der Waals surface area contributed by atoms with E-state index in [4.69, 9.17) is 9.47 Å². The number of piperidine rings is 1. The highest BCUT2D eigenvalue weighted by atomic mass is 16.6. The maximum Gasteiger partial charge on any atom is 0.407 e. The summed E-state index contributed by atoms with van der Waals surface area (Å²) in [6.45, 7) is 9.58. The van der Waals surface area contributed by atoms with Gasteiger partial charge in [0.2, 0.25) is 5.91 Å². The molecule has 8 heteroatoms. The van der Waals surface area contributed by atoms with Crippen LogP contribution in [0.15, 0.2) is 30.3 Å². The minimum absolute atomic E-state index is 0.0240. The van der Waals surface area contributed by atoms with Gasteiger partial charge in [-0.1, -0.05) is 49.6 Å². The maximum atomic E-state index is 13.4. The first kappa shape index (κ1) is 28.8. The Kier molecular flexibility index (Phi) is 9.71. The third kappa shape index (κ3) is 7.93. The molecule has 2 heterocycles. The molecule has 0 bridgehead atoms. The van der Waals surface area contributed by atoms with E-state index in [1.807, 2.05) is 58.0 Å². The van der Waals surface area contributed by atoms with Crippen molar-refractivity contribution in [3.8, 4) is 0 Å². The molecule has 0 spiro atoms. The Hall–Kier alpha value is -2.16. The van der Waals surface area contributed by atoms with Crippen LogP contribution in [0.3, 0.4) is 0 Å². The van der Waals surface area contributed by atoms with Crippen LogP contribution < -0.4 is 10.6 Å². The van der Waals surface area contributed by atoms with E-state index in [9.17, 15) is 14.7 Å². The van der Waals surface area contributed by atoms with Gasteiger partial charge in [0.15, 0.2) is 0 Å². The van der Waals surface area contributed by atoms with Crippen LogP contribution in [0, 0.1) is 11.8 Å². The first-order valence-corrected chi connectivity index (χ1v) is 14.5. The van der Waals surface area contributed by atoms with E-state index >= 15 is 0 Å². The Morgan fingerprint density at radius 2 is 1.84 bits per heavy atom. The van der Waals surface area contributed by atoms with Crippen molar-refractivity contribution in [2.24, 2.45) is 11.8 Å². The van der Waals surface area contributed by atoms with Crippen LogP contribution in [0.4, 0.5) is 4.79 Å². The number of nitrogens with zero attached hydrogens (tertiary/aromatic N) is 1. The number of likely N-dealkylation sites (tertiary alicyclic amines) is 1. The second kappa shape index (κ2) is 12.8. The van der Waals surface area contributed by atoms with E-state index in [1.54, 1.807) is 0 Å². The molecule has 4 rings (SSSR count). The van der Waals surface area contributed by atoms with Gasteiger partial charge in [0, 0.05) is 25.0 Å². The van der Waals surface area contributed by atoms with Crippen molar-refractivity contribution in [1.82, 2.24) is 15.5 Å². The molecule has 1 aromatic rings. The summed E-state index contributed by atoms with van der Waals surface area (Å²) in [5.74, 6) is 1.12. The molecule has 2 saturated heterocycles. The lowest BCUT2D eigenvalue weighted by Gasteiger charge is -2.47. The third-order valence-electron chi connectivity index (χ3n) is 8.36. The number of rotatable bonds is 8. The van der Waals surface area contributed by atoms with E-state index in [0.29, 0.717) is 37.8 Å². The van der Waals surface area contributed by atoms with E-state index in [1.165, 1.54) is 25.7 Å². The summed E-state index contributed by atoms with van der Waals surface area (Å²) < 4.78 is 11.2. The Morgan fingerprint density at radius 3 is 2.50 bits per heavy atom. The van der Waals surface area contributed by atoms with Gasteiger partial charge in [-0.15, -0.1) is 0 Å². The molecule has 38 heavy (non-hydrogen) atoms. The van der Waals surface area contributed by atoms with Crippen molar-refractivity contribution in [2.45, 2.75) is 109 Å². The fourth-order valence-electron chi connectivity index (χ4n) is 6.34. The van der Waals surface area contributed by atoms with Gasteiger partial charge in [-0.05, 0) is 64.4 Å². The van der Waals surface area contributed by atoms with Crippen LogP contribution in [0.25, 0.3) is 0 Å². The van der Waals surface area contributed by atoms with E-state index in [2.05, 4.69) is 15.5 Å². The summed E-state index contributed by atoms with van der Waals surface area (Å²) in [4.78, 5) is 28.5. The third-order valence-corrected chi connectivity index (χ3v) is 8.36. The molecule has 1 aromatic carbocycles. The highest BCUT2D eigenvalue weighted by Gasteiger charge is 2.42. The van der Waals surface area contributed by atoms with Gasteiger partial charge in [0.25, 0.3) is 0 Å². The zero-order valence-electron chi connectivity index (χ0n) is 23.5. The van der Waals surface area contributed by atoms with Gasteiger partial charge in [-0.2, -0.15) is 0 Å². The fraction of sp³-hybridized carbons (Fsp3) is 0.733. The summed E-state index contributed by atoms with van der Waals surface area (Å²) in [7, 11) is 0. The molecule has 3 aliphatic rings. The Bertz CT molecular complexity index is 920. The number of aliphatic hydroxyl groups excluding tert-OH is 1. The lowest BCUT2D eigenvalue weighted by atomic mass is 9.72. The predicted octanol–water partition coefficient (Wildman–Crippen LogP) is 3.66. The smallest absolute Gasteiger partial charge is 0.407 e. The van der Waals surface area contributed by atoms with E-state index in [-0.39, 0.29) is 29.7 Å². The quantitative estimate of drug-likeness (QED) is 0.475. The van der Waals surface area contributed by atoms with Crippen LogP contribution >= 0.6 is 0 Å². The average Bonchev–Trinajstić information content (AvgIpc) is 3.26. The van der Waals surface area contributed by atoms with Crippen molar-refractivity contribution in [3.63, 3.8) is 0 Å². The number of carbonyl (C=O) groups excluding carboxylic acids is 2. The molecule has 212 valence electrons. The molecule has 0 aromatic heterocycles. The second-order valence-corrected chi connectivity index (χ2v) is 12.6. The number of aliphatic hydroxyl groups is 1. The molecular formula is C30H47N3O5. The normalized spacial score (nSPS) is 29.7. The summed E-state index contributed by atoms with van der Waals surface area (Å²) in [5, 5.41) is 17.7. The number of hydrogen-bond acceptors (Lipinski definition) is 6. The van der Waals surface area contributed by atoms with E-state index in [0.717, 1.165) is 18.5 Å². The molecule has 3 N–H and O–H groups in total. The Morgan fingerprint density at radius 1 is 1.13 bits per heavy atom. The number of benzene rings is 1. The number of ether oxygens (including phenoxy) is 2. The van der Waals surface area contributed by atoms with Crippen molar-refractivity contribution < 1.29 is 24.2 Å². The lowest BCUT2D eigenvalue weighted by molar-refractivity contribution is -0.132. The van der Waals surface area contributed by atoms with E-state index < -0.39 is 18.2 Å². The number of alkyl carbamates (subject to hydrolysis) is 1. The van der Waals surface area contributed by atoms with Crippen molar-refractivity contribution in [2.75, 3.05) is 19.7 Å².